The normalized spacial score (nSPS) is 16.6. The van der Waals surface area contributed by atoms with Crippen LogP contribution in [0.15, 0.2) is 17.6 Å². The van der Waals surface area contributed by atoms with Crippen molar-refractivity contribution in [2.24, 2.45) is 0 Å². The highest BCUT2D eigenvalue weighted by Gasteiger charge is 2.26. The maximum Gasteiger partial charge on any atom is 0.345 e. The van der Waals surface area contributed by atoms with E-state index in [1.165, 1.54) is 6.07 Å². The Morgan fingerprint density at radius 1 is 1.54 bits per heavy atom. The van der Waals surface area contributed by atoms with E-state index in [1.54, 1.807) is 12.5 Å². The molecule has 0 radical (unpaired) electrons. The molecule has 0 fully saturated rings. The van der Waals surface area contributed by atoms with Gasteiger partial charge in [0.25, 0.3) is 5.91 Å². The van der Waals surface area contributed by atoms with E-state index in [9.17, 15) is 9.59 Å². The average molecular weight is 349 g/mol. The molecule has 8 heteroatoms. The number of ether oxygens (including phenoxy) is 1. The Labute approximate surface area is 143 Å². The fraction of sp³-hybridized carbons (Fsp3) is 0.438. The summed E-state index contributed by atoms with van der Waals surface area (Å²) in [5.74, 6) is -1.28. The number of carbonyl (C=O) groups excluding carboxylic acids is 1. The van der Waals surface area contributed by atoms with Gasteiger partial charge in [0.15, 0.2) is 0 Å². The molecule has 2 heterocycles. The number of thiophene rings is 1. The van der Waals surface area contributed by atoms with Crippen LogP contribution in [0.4, 0.5) is 0 Å². The first-order chi connectivity index (χ1) is 11.6. The highest BCUT2D eigenvalue weighted by Crippen LogP contribution is 2.29. The molecule has 3 rings (SSSR count). The minimum Gasteiger partial charge on any atom is -0.477 e. The van der Waals surface area contributed by atoms with Crippen molar-refractivity contribution in [3.63, 3.8) is 0 Å². The van der Waals surface area contributed by atoms with Gasteiger partial charge in [0.1, 0.15) is 4.88 Å². The van der Waals surface area contributed by atoms with Crippen LogP contribution in [-0.2, 0) is 17.7 Å². The lowest BCUT2D eigenvalue weighted by Crippen LogP contribution is -2.31. The topological polar surface area (TPSA) is 93.5 Å². The molecule has 24 heavy (non-hydrogen) atoms. The molecular weight excluding hydrogens is 330 g/mol. The van der Waals surface area contributed by atoms with Crippen LogP contribution in [0.2, 0.25) is 0 Å². The zero-order valence-corrected chi connectivity index (χ0v) is 14.1. The third-order valence-corrected chi connectivity index (χ3v) is 4.96. The number of nitrogens with one attached hydrogen (secondary N) is 1. The summed E-state index contributed by atoms with van der Waals surface area (Å²) in [6, 6.07) is 1.27. The molecule has 2 N–H and O–H groups in total. The minimum absolute atomic E-state index is 0.141. The van der Waals surface area contributed by atoms with Crippen LogP contribution in [0, 0.1) is 0 Å². The molecule has 0 spiro atoms. The summed E-state index contributed by atoms with van der Waals surface area (Å²) in [5.41, 5.74) is 2.43. The van der Waals surface area contributed by atoms with E-state index < -0.39 is 5.97 Å². The molecular formula is C16H19N3O4S. The van der Waals surface area contributed by atoms with Gasteiger partial charge in [-0.05, 0) is 30.9 Å². The van der Waals surface area contributed by atoms with Crippen molar-refractivity contribution in [2.45, 2.75) is 31.8 Å². The number of carboxylic acids is 1. The van der Waals surface area contributed by atoms with Crippen molar-refractivity contribution in [2.75, 3.05) is 13.7 Å². The van der Waals surface area contributed by atoms with E-state index in [1.807, 2.05) is 10.9 Å². The Balaban J connectivity index is 1.73. The Hall–Kier alpha value is -2.19. The quantitative estimate of drug-likeness (QED) is 0.833. The predicted molar refractivity (Wildman–Crippen MR) is 88.5 cm³/mol. The van der Waals surface area contributed by atoms with Crippen LogP contribution < -0.4 is 5.32 Å². The Morgan fingerprint density at radius 2 is 2.38 bits per heavy atom. The van der Waals surface area contributed by atoms with Crippen LogP contribution in [-0.4, -0.2) is 40.5 Å². The van der Waals surface area contributed by atoms with E-state index in [2.05, 4.69) is 10.4 Å². The smallest absolute Gasteiger partial charge is 0.345 e. The summed E-state index contributed by atoms with van der Waals surface area (Å²) in [7, 11) is 1.65. The molecule has 0 aromatic carbocycles. The first-order valence-corrected chi connectivity index (χ1v) is 8.64. The maximum absolute atomic E-state index is 12.4. The number of aryl methyl sites for hydroxylation is 1. The second-order valence-electron chi connectivity index (χ2n) is 5.72. The zero-order chi connectivity index (χ0) is 17.1. The zero-order valence-electron chi connectivity index (χ0n) is 13.3. The number of rotatable bonds is 6. The highest BCUT2D eigenvalue weighted by molar-refractivity contribution is 7.12. The van der Waals surface area contributed by atoms with Crippen molar-refractivity contribution in [1.29, 1.82) is 0 Å². The van der Waals surface area contributed by atoms with Crippen LogP contribution in [0.3, 0.4) is 0 Å². The Morgan fingerprint density at radius 3 is 3.08 bits per heavy atom. The van der Waals surface area contributed by atoms with E-state index in [0.29, 0.717) is 18.7 Å². The fourth-order valence-corrected chi connectivity index (χ4v) is 3.57. The SMILES string of the molecule is COCCn1cc2c(n1)C(NC(=O)c1csc(C(=O)O)c1)CCC2. The van der Waals surface area contributed by atoms with Gasteiger partial charge in [0.05, 0.1) is 30.5 Å². The van der Waals surface area contributed by atoms with Gasteiger partial charge in [-0.25, -0.2) is 4.79 Å². The lowest BCUT2D eigenvalue weighted by atomic mass is 9.93. The first-order valence-electron chi connectivity index (χ1n) is 7.76. The molecule has 128 valence electrons. The van der Waals surface area contributed by atoms with Gasteiger partial charge in [0.2, 0.25) is 0 Å². The number of fused-ring (bicyclic) bond motifs is 1. The maximum atomic E-state index is 12.4. The molecule has 1 amide bonds. The van der Waals surface area contributed by atoms with Gasteiger partial charge in [0, 0.05) is 18.7 Å². The second kappa shape index (κ2) is 7.14. The molecule has 0 aliphatic heterocycles. The third kappa shape index (κ3) is 3.49. The van der Waals surface area contributed by atoms with Gasteiger partial charge >= 0.3 is 5.97 Å². The second-order valence-corrected chi connectivity index (χ2v) is 6.63. The van der Waals surface area contributed by atoms with Crippen molar-refractivity contribution >= 4 is 23.2 Å². The van der Waals surface area contributed by atoms with E-state index in [4.69, 9.17) is 9.84 Å². The summed E-state index contributed by atoms with van der Waals surface area (Å²) < 4.78 is 6.92. The molecule has 0 saturated carbocycles. The molecule has 1 aliphatic carbocycles. The number of nitrogens with zero attached hydrogens (tertiary/aromatic N) is 2. The molecule has 1 unspecified atom stereocenters. The van der Waals surface area contributed by atoms with E-state index in [-0.39, 0.29) is 16.8 Å². The molecule has 0 bridgehead atoms. The molecule has 2 aromatic heterocycles. The van der Waals surface area contributed by atoms with Gasteiger partial charge < -0.3 is 15.2 Å². The molecule has 2 aromatic rings. The summed E-state index contributed by atoms with van der Waals surface area (Å²) >= 11 is 1.05. The van der Waals surface area contributed by atoms with Crippen molar-refractivity contribution < 1.29 is 19.4 Å². The molecule has 1 atom stereocenters. The fourth-order valence-electron chi connectivity index (χ4n) is 2.85. The van der Waals surface area contributed by atoms with Gasteiger partial charge in [-0.3, -0.25) is 9.48 Å². The average Bonchev–Trinajstić information content (AvgIpc) is 3.20. The van der Waals surface area contributed by atoms with E-state index in [0.717, 1.165) is 41.9 Å². The molecule has 7 nitrogen and oxygen atoms in total. The lowest BCUT2D eigenvalue weighted by Gasteiger charge is -2.22. The third-order valence-electron chi connectivity index (χ3n) is 4.04. The number of aromatic carboxylic acids is 1. The number of amides is 1. The molecule has 1 aliphatic rings. The number of aromatic nitrogens is 2. The lowest BCUT2D eigenvalue weighted by molar-refractivity contribution is 0.0702. The highest BCUT2D eigenvalue weighted by atomic mass is 32.1. The largest absolute Gasteiger partial charge is 0.477 e. The first kappa shape index (κ1) is 16.7. The summed E-state index contributed by atoms with van der Waals surface area (Å²) in [4.78, 5) is 23.5. The van der Waals surface area contributed by atoms with Crippen molar-refractivity contribution in [3.8, 4) is 0 Å². The number of methoxy groups -OCH3 is 1. The van der Waals surface area contributed by atoms with Gasteiger partial charge in [-0.15, -0.1) is 11.3 Å². The Bertz CT molecular complexity index is 752. The summed E-state index contributed by atoms with van der Waals surface area (Å²) in [6.45, 7) is 1.27. The van der Waals surface area contributed by atoms with Crippen LogP contribution >= 0.6 is 11.3 Å². The monoisotopic (exact) mass is 349 g/mol. The summed E-state index contributed by atoms with van der Waals surface area (Å²) in [6.07, 6.45) is 4.78. The minimum atomic E-state index is -1.02. The van der Waals surface area contributed by atoms with Gasteiger partial charge in [-0.1, -0.05) is 0 Å². The standard InChI is InChI=1S/C16H19N3O4S/c1-23-6-5-19-8-10-3-2-4-12(14(10)18-19)17-15(20)11-7-13(16(21)22)24-9-11/h7-9,12H,2-6H2,1H3,(H,17,20)(H,21,22). The van der Waals surface area contributed by atoms with Crippen LogP contribution in [0.25, 0.3) is 0 Å². The van der Waals surface area contributed by atoms with Crippen molar-refractivity contribution in [3.05, 3.63) is 39.3 Å². The van der Waals surface area contributed by atoms with E-state index >= 15 is 0 Å². The number of carboxylic acid groups (broad SMARTS) is 1. The van der Waals surface area contributed by atoms with Crippen LogP contribution in [0.5, 0.6) is 0 Å². The number of carbonyl (C=O) groups is 2. The number of hydrogen-bond donors (Lipinski definition) is 2. The predicted octanol–water partition coefficient (Wildman–Crippen LogP) is 2.10. The van der Waals surface area contributed by atoms with Crippen LogP contribution in [0.1, 0.15) is 50.2 Å². The molecule has 0 saturated heterocycles. The summed E-state index contributed by atoms with van der Waals surface area (Å²) in [5, 5.41) is 18.1. The number of hydrogen-bond acceptors (Lipinski definition) is 5. The van der Waals surface area contributed by atoms with Crippen molar-refractivity contribution in [1.82, 2.24) is 15.1 Å². The van der Waals surface area contributed by atoms with Gasteiger partial charge in [-0.2, -0.15) is 5.10 Å². The Kier molecular flexibility index (Phi) is 4.96.